The highest BCUT2D eigenvalue weighted by Gasteiger charge is 2.22. The van der Waals surface area contributed by atoms with E-state index < -0.39 is 5.60 Å². The van der Waals surface area contributed by atoms with Crippen molar-refractivity contribution < 1.29 is 5.11 Å². The molecule has 0 aliphatic rings. The highest BCUT2D eigenvalue weighted by atomic mass is 127. The molecule has 0 aliphatic carbocycles. The largest absolute Gasteiger partial charge is 0.384 e. The van der Waals surface area contributed by atoms with Crippen molar-refractivity contribution in [2.24, 2.45) is 4.99 Å². The van der Waals surface area contributed by atoms with Crippen LogP contribution in [0, 0.1) is 0 Å². The molecule has 0 saturated carbocycles. The molecule has 6 heteroatoms. The van der Waals surface area contributed by atoms with E-state index >= 15 is 0 Å². The fourth-order valence-electron chi connectivity index (χ4n) is 2.62. The zero-order valence-corrected chi connectivity index (χ0v) is 18.7. The SMILES string of the molecule is CCNC(=NCC(C)(O)c1ccccc1)NCCN(C)c1ccccc1.I. The van der Waals surface area contributed by atoms with E-state index in [-0.39, 0.29) is 24.0 Å². The van der Waals surface area contributed by atoms with Crippen molar-refractivity contribution in [2.75, 3.05) is 38.1 Å². The maximum Gasteiger partial charge on any atom is 0.191 e. The number of guanidine groups is 1. The minimum Gasteiger partial charge on any atom is -0.384 e. The molecule has 0 heterocycles. The summed E-state index contributed by atoms with van der Waals surface area (Å²) in [5.41, 5.74) is 1.05. The van der Waals surface area contributed by atoms with E-state index in [1.165, 1.54) is 5.69 Å². The first kappa shape index (κ1) is 23.2. The van der Waals surface area contributed by atoms with Gasteiger partial charge in [0.25, 0.3) is 0 Å². The predicted molar refractivity (Wildman–Crippen MR) is 125 cm³/mol. The van der Waals surface area contributed by atoms with Gasteiger partial charge in [-0.05, 0) is 31.5 Å². The molecular weight excluding hydrogens is 451 g/mol. The standard InChI is InChI=1S/C21H30N4O.HI/c1-4-22-20(23-15-16-25(3)19-13-9-6-10-14-19)24-17-21(2,26)18-11-7-5-8-12-18;/h5-14,26H,4,15-17H2,1-3H3,(H2,22,23,24);1H. The van der Waals surface area contributed by atoms with Gasteiger partial charge in [-0.1, -0.05) is 48.5 Å². The number of nitrogens with zero attached hydrogens (tertiary/aromatic N) is 2. The Kier molecular flexibility index (Phi) is 10.2. The fraction of sp³-hybridized carbons (Fsp3) is 0.381. The quantitative estimate of drug-likeness (QED) is 0.307. The van der Waals surface area contributed by atoms with Gasteiger partial charge in [0.15, 0.2) is 5.96 Å². The van der Waals surface area contributed by atoms with Crippen molar-refractivity contribution in [1.82, 2.24) is 10.6 Å². The third-order valence-electron chi connectivity index (χ3n) is 4.22. The number of rotatable bonds is 8. The first-order chi connectivity index (χ1) is 12.5. The summed E-state index contributed by atoms with van der Waals surface area (Å²) in [6.07, 6.45) is 0. The second kappa shape index (κ2) is 11.8. The van der Waals surface area contributed by atoms with Crippen LogP contribution in [0.15, 0.2) is 65.7 Å². The van der Waals surface area contributed by atoms with Crippen molar-refractivity contribution in [2.45, 2.75) is 19.4 Å². The topological polar surface area (TPSA) is 59.9 Å². The van der Waals surface area contributed by atoms with E-state index in [1.807, 2.05) is 55.5 Å². The molecular formula is C21H31IN4O. The summed E-state index contributed by atoms with van der Waals surface area (Å²) in [5.74, 6) is 0.713. The minimum absolute atomic E-state index is 0. The number of halogens is 1. The lowest BCUT2D eigenvalue weighted by molar-refractivity contribution is 0.0672. The Morgan fingerprint density at radius 3 is 2.22 bits per heavy atom. The molecule has 0 spiro atoms. The highest BCUT2D eigenvalue weighted by molar-refractivity contribution is 14.0. The monoisotopic (exact) mass is 482 g/mol. The van der Waals surface area contributed by atoms with Gasteiger partial charge in [0, 0.05) is 32.4 Å². The van der Waals surface area contributed by atoms with Gasteiger partial charge in [-0.15, -0.1) is 24.0 Å². The van der Waals surface area contributed by atoms with Crippen molar-refractivity contribution in [3.8, 4) is 0 Å². The average Bonchev–Trinajstić information content (AvgIpc) is 2.67. The van der Waals surface area contributed by atoms with Crippen LogP contribution >= 0.6 is 24.0 Å². The number of likely N-dealkylation sites (N-methyl/N-ethyl adjacent to an activating group) is 1. The van der Waals surface area contributed by atoms with E-state index in [1.54, 1.807) is 6.92 Å². The second-order valence-corrected chi connectivity index (χ2v) is 6.52. The van der Waals surface area contributed by atoms with Crippen molar-refractivity contribution in [3.05, 3.63) is 66.2 Å². The van der Waals surface area contributed by atoms with Crippen molar-refractivity contribution in [1.29, 1.82) is 0 Å². The Morgan fingerprint density at radius 2 is 1.63 bits per heavy atom. The minimum atomic E-state index is -0.996. The van der Waals surface area contributed by atoms with Crippen LogP contribution in [-0.2, 0) is 5.60 Å². The summed E-state index contributed by atoms with van der Waals surface area (Å²) in [5, 5.41) is 17.3. The number of benzene rings is 2. The first-order valence-corrected chi connectivity index (χ1v) is 9.09. The summed E-state index contributed by atoms with van der Waals surface area (Å²) >= 11 is 0. The molecule has 2 aromatic rings. The number of hydrogen-bond donors (Lipinski definition) is 3. The number of anilines is 1. The van der Waals surface area contributed by atoms with Gasteiger partial charge in [0.1, 0.15) is 5.60 Å². The Hall–Kier alpha value is -1.80. The smallest absolute Gasteiger partial charge is 0.191 e. The summed E-state index contributed by atoms with van der Waals surface area (Å²) < 4.78 is 0. The number of aliphatic imine (C=N–C) groups is 1. The number of nitrogens with one attached hydrogen (secondary N) is 2. The maximum atomic E-state index is 10.7. The van der Waals surface area contributed by atoms with Crippen LogP contribution < -0.4 is 15.5 Å². The van der Waals surface area contributed by atoms with E-state index in [0.29, 0.717) is 12.5 Å². The Balaban J connectivity index is 0.00000364. The average molecular weight is 482 g/mol. The van der Waals surface area contributed by atoms with Gasteiger partial charge in [-0.25, -0.2) is 4.99 Å². The van der Waals surface area contributed by atoms with Gasteiger partial charge in [0.05, 0.1) is 6.54 Å². The Labute approximate surface area is 179 Å². The zero-order valence-electron chi connectivity index (χ0n) is 16.4. The third kappa shape index (κ3) is 7.76. The van der Waals surface area contributed by atoms with Crippen LogP contribution in [0.25, 0.3) is 0 Å². The molecule has 0 saturated heterocycles. The molecule has 0 radical (unpaired) electrons. The molecule has 0 bridgehead atoms. The molecule has 5 nitrogen and oxygen atoms in total. The molecule has 3 N–H and O–H groups in total. The van der Waals surface area contributed by atoms with Crippen molar-refractivity contribution in [3.63, 3.8) is 0 Å². The molecule has 1 unspecified atom stereocenters. The van der Waals surface area contributed by atoms with Gasteiger partial charge in [-0.3, -0.25) is 0 Å². The first-order valence-electron chi connectivity index (χ1n) is 9.09. The molecule has 0 fully saturated rings. The number of aliphatic hydroxyl groups is 1. The zero-order chi connectivity index (χ0) is 18.8. The lowest BCUT2D eigenvalue weighted by Crippen LogP contribution is -2.42. The highest BCUT2D eigenvalue weighted by Crippen LogP contribution is 2.20. The van der Waals surface area contributed by atoms with E-state index in [0.717, 1.165) is 25.2 Å². The lowest BCUT2D eigenvalue weighted by atomic mass is 9.96. The van der Waals surface area contributed by atoms with E-state index in [4.69, 9.17) is 0 Å². The predicted octanol–water partition coefficient (Wildman–Crippen LogP) is 3.20. The molecule has 0 aliphatic heterocycles. The molecule has 148 valence electrons. The molecule has 2 aromatic carbocycles. The third-order valence-corrected chi connectivity index (χ3v) is 4.22. The van der Waals surface area contributed by atoms with Crippen LogP contribution in [0.5, 0.6) is 0 Å². The van der Waals surface area contributed by atoms with Crippen LogP contribution in [0.1, 0.15) is 19.4 Å². The van der Waals surface area contributed by atoms with Gasteiger partial charge in [0.2, 0.25) is 0 Å². The molecule has 0 amide bonds. The van der Waals surface area contributed by atoms with Crippen LogP contribution in [0.4, 0.5) is 5.69 Å². The van der Waals surface area contributed by atoms with Gasteiger partial charge in [-0.2, -0.15) is 0 Å². The molecule has 27 heavy (non-hydrogen) atoms. The summed E-state index contributed by atoms with van der Waals surface area (Å²) in [6, 6.07) is 19.9. The normalized spacial score (nSPS) is 13.3. The van der Waals surface area contributed by atoms with Crippen molar-refractivity contribution >= 4 is 35.6 Å². The van der Waals surface area contributed by atoms with E-state index in [2.05, 4.69) is 39.7 Å². The maximum absolute atomic E-state index is 10.7. The number of hydrogen-bond acceptors (Lipinski definition) is 3. The van der Waals surface area contributed by atoms with Crippen LogP contribution in [0.3, 0.4) is 0 Å². The number of para-hydroxylation sites is 1. The van der Waals surface area contributed by atoms with Crippen LogP contribution in [-0.4, -0.2) is 44.3 Å². The fourth-order valence-corrected chi connectivity index (χ4v) is 2.62. The second-order valence-electron chi connectivity index (χ2n) is 6.52. The molecule has 0 aromatic heterocycles. The Bertz CT molecular complexity index is 677. The lowest BCUT2D eigenvalue weighted by Gasteiger charge is -2.23. The van der Waals surface area contributed by atoms with Gasteiger partial charge >= 0.3 is 0 Å². The summed E-state index contributed by atoms with van der Waals surface area (Å²) in [6.45, 7) is 6.49. The Morgan fingerprint density at radius 1 is 1.04 bits per heavy atom. The summed E-state index contributed by atoms with van der Waals surface area (Å²) in [4.78, 5) is 6.75. The van der Waals surface area contributed by atoms with Gasteiger partial charge < -0.3 is 20.6 Å². The molecule has 1 atom stereocenters. The van der Waals surface area contributed by atoms with Crippen LogP contribution in [0.2, 0.25) is 0 Å². The summed E-state index contributed by atoms with van der Waals surface area (Å²) in [7, 11) is 2.07. The molecule has 2 rings (SSSR count). The van der Waals surface area contributed by atoms with E-state index in [9.17, 15) is 5.11 Å².